The molecule has 0 unspecified atom stereocenters. The molecule has 0 spiro atoms. The smallest absolute Gasteiger partial charge is 0.0701 e. The van der Waals surface area contributed by atoms with Crippen LogP contribution in [0.3, 0.4) is 0 Å². The fraction of sp³-hybridized carbons (Fsp3) is 0.0222. The zero-order valence-corrected chi connectivity index (χ0v) is 26.8. The topological polar surface area (TPSA) is 51.6 Å². The Bertz CT molecular complexity index is 1920. The molecule has 0 fully saturated rings. The summed E-state index contributed by atoms with van der Waals surface area (Å²) in [6, 6.07) is 59.5. The molecule has 0 N–H and O–H groups in total. The van der Waals surface area contributed by atoms with E-state index in [4.69, 9.17) is 0 Å². The van der Waals surface area contributed by atoms with Gasteiger partial charge in [-0.25, -0.2) is 0 Å². The van der Waals surface area contributed by atoms with E-state index in [1.165, 1.54) is 0 Å². The molecule has 0 atom stereocenters. The maximum atomic E-state index is 4.61. The van der Waals surface area contributed by atoms with E-state index in [9.17, 15) is 0 Å². The van der Waals surface area contributed by atoms with E-state index >= 15 is 0 Å². The van der Waals surface area contributed by atoms with Crippen molar-refractivity contribution in [2.75, 3.05) is 0 Å². The first-order chi connectivity index (χ1) is 24.3. The Morgan fingerprint density at radius 2 is 0.469 bits per heavy atom. The van der Waals surface area contributed by atoms with Crippen molar-refractivity contribution in [3.8, 4) is 45.0 Å². The second kappa shape index (κ2) is 13.3. The lowest BCUT2D eigenvalue weighted by Gasteiger charge is -2.37. The number of nitrogens with zero attached hydrogens (tertiary/aromatic N) is 4. The molecule has 0 aliphatic carbocycles. The molecule has 232 valence electrons. The molecule has 0 amide bonds. The Morgan fingerprint density at radius 3 is 0.653 bits per heavy atom. The molecule has 0 saturated carbocycles. The van der Waals surface area contributed by atoms with Gasteiger partial charge in [0.1, 0.15) is 0 Å². The van der Waals surface area contributed by atoms with Gasteiger partial charge in [0.05, 0.1) is 28.2 Å². The van der Waals surface area contributed by atoms with Crippen molar-refractivity contribution in [3.63, 3.8) is 0 Å². The van der Waals surface area contributed by atoms with E-state index in [1.807, 2.05) is 97.6 Å². The summed E-state index contributed by atoms with van der Waals surface area (Å²) in [5, 5.41) is 0. The van der Waals surface area contributed by atoms with Gasteiger partial charge in [0.2, 0.25) is 0 Å². The normalized spacial score (nSPS) is 11.3. The lowest BCUT2D eigenvalue weighted by atomic mass is 9.64. The molecule has 49 heavy (non-hydrogen) atoms. The zero-order chi connectivity index (χ0) is 32.9. The number of benzene rings is 4. The van der Waals surface area contributed by atoms with E-state index in [0.717, 1.165) is 67.3 Å². The maximum Gasteiger partial charge on any atom is 0.0701 e. The minimum atomic E-state index is -0.656. The van der Waals surface area contributed by atoms with E-state index in [2.05, 4.69) is 117 Å². The van der Waals surface area contributed by atoms with Gasteiger partial charge in [-0.15, -0.1) is 0 Å². The van der Waals surface area contributed by atoms with Gasteiger partial charge in [0.15, 0.2) is 0 Å². The van der Waals surface area contributed by atoms with Crippen molar-refractivity contribution in [1.82, 2.24) is 19.9 Å². The summed E-state index contributed by atoms with van der Waals surface area (Å²) in [7, 11) is 0. The number of rotatable bonds is 8. The van der Waals surface area contributed by atoms with Crippen LogP contribution in [0.1, 0.15) is 22.3 Å². The second-order valence-electron chi connectivity index (χ2n) is 11.9. The molecule has 4 heterocycles. The number of hydrogen-bond donors (Lipinski definition) is 0. The molecule has 0 bridgehead atoms. The first-order valence-corrected chi connectivity index (χ1v) is 16.4. The van der Waals surface area contributed by atoms with Crippen LogP contribution >= 0.6 is 0 Å². The van der Waals surface area contributed by atoms with Crippen molar-refractivity contribution >= 4 is 0 Å². The third kappa shape index (κ3) is 5.81. The summed E-state index contributed by atoms with van der Waals surface area (Å²) < 4.78 is 0. The van der Waals surface area contributed by atoms with E-state index in [0.29, 0.717) is 0 Å². The predicted octanol–water partition coefficient (Wildman–Crippen LogP) is 10.3. The van der Waals surface area contributed by atoms with E-state index in [-0.39, 0.29) is 0 Å². The standard InChI is InChI=1S/C45H32N4/c1-5-29-46-41(9-1)33-13-21-37(22-14-33)45(38-23-15-34(16-24-38)42-10-2-6-30-47-42,39-25-17-35(18-26-39)43-11-3-7-31-48-43)40-27-19-36(20-28-40)44-12-4-8-32-49-44/h1-32H. The van der Waals surface area contributed by atoms with E-state index in [1.54, 1.807) is 0 Å². The van der Waals surface area contributed by atoms with Crippen LogP contribution in [0.15, 0.2) is 195 Å². The highest BCUT2D eigenvalue weighted by Gasteiger charge is 2.38. The van der Waals surface area contributed by atoms with Crippen molar-refractivity contribution in [2.24, 2.45) is 0 Å². The van der Waals surface area contributed by atoms with Crippen LogP contribution in [0.25, 0.3) is 45.0 Å². The largest absolute Gasteiger partial charge is 0.256 e. The van der Waals surface area contributed by atoms with Crippen molar-refractivity contribution in [3.05, 3.63) is 217 Å². The summed E-state index contributed by atoms with van der Waals surface area (Å²) in [6.07, 6.45) is 7.35. The fourth-order valence-electron chi connectivity index (χ4n) is 6.70. The van der Waals surface area contributed by atoms with Crippen molar-refractivity contribution < 1.29 is 0 Å². The Kier molecular flexibility index (Phi) is 8.11. The van der Waals surface area contributed by atoms with Gasteiger partial charge in [-0.2, -0.15) is 0 Å². The molecule has 4 nitrogen and oxygen atoms in total. The van der Waals surface area contributed by atoms with Gasteiger partial charge in [-0.05, 0) is 70.8 Å². The van der Waals surface area contributed by atoms with Gasteiger partial charge in [0.25, 0.3) is 0 Å². The molecule has 0 aliphatic rings. The average Bonchev–Trinajstić information content (AvgIpc) is 3.20. The van der Waals surface area contributed by atoms with Crippen LogP contribution in [0, 0.1) is 0 Å². The van der Waals surface area contributed by atoms with Gasteiger partial charge in [-0.3, -0.25) is 19.9 Å². The van der Waals surface area contributed by atoms with Crippen molar-refractivity contribution in [1.29, 1.82) is 0 Å². The summed E-state index contributed by atoms with van der Waals surface area (Å²) in [6.45, 7) is 0. The highest BCUT2D eigenvalue weighted by Crippen LogP contribution is 2.46. The number of aromatic nitrogens is 4. The minimum absolute atomic E-state index is 0.656. The molecule has 4 aromatic heterocycles. The summed E-state index contributed by atoms with van der Waals surface area (Å²) in [4.78, 5) is 18.5. The van der Waals surface area contributed by atoms with Gasteiger partial charge >= 0.3 is 0 Å². The first-order valence-electron chi connectivity index (χ1n) is 16.4. The number of pyridine rings is 4. The highest BCUT2D eigenvalue weighted by molar-refractivity contribution is 5.70. The van der Waals surface area contributed by atoms with Crippen LogP contribution in [0.2, 0.25) is 0 Å². The molecular formula is C45H32N4. The lowest BCUT2D eigenvalue weighted by Crippen LogP contribution is -2.31. The van der Waals surface area contributed by atoms with Gasteiger partial charge < -0.3 is 0 Å². The Hall–Kier alpha value is -6.52. The summed E-state index contributed by atoms with van der Waals surface area (Å²) in [5.41, 5.74) is 12.0. The highest BCUT2D eigenvalue weighted by atomic mass is 14.7. The maximum absolute atomic E-state index is 4.61. The lowest BCUT2D eigenvalue weighted by molar-refractivity contribution is 0.745. The molecule has 0 saturated heterocycles. The molecule has 4 heteroatoms. The quantitative estimate of drug-likeness (QED) is 0.157. The van der Waals surface area contributed by atoms with Crippen LogP contribution in [0.4, 0.5) is 0 Å². The third-order valence-electron chi connectivity index (χ3n) is 9.11. The van der Waals surface area contributed by atoms with Crippen LogP contribution in [0.5, 0.6) is 0 Å². The Labute approximate surface area is 286 Å². The predicted molar refractivity (Wildman–Crippen MR) is 198 cm³/mol. The molecule has 0 aliphatic heterocycles. The summed E-state index contributed by atoms with van der Waals surface area (Å²) in [5.74, 6) is 0. The number of hydrogen-bond acceptors (Lipinski definition) is 4. The van der Waals surface area contributed by atoms with Gasteiger partial charge in [0, 0.05) is 47.0 Å². The Morgan fingerprint density at radius 1 is 0.245 bits per heavy atom. The summed E-state index contributed by atoms with van der Waals surface area (Å²) >= 11 is 0. The third-order valence-corrected chi connectivity index (χ3v) is 9.11. The zero-order valence-electron chi connectivity index (χ0n) is 26.8. The molecule has 8 aromatic rings. The van der Waals surface area contributed by atoms with Crippen LogP contribution in [-0.4, -0.2) is 19.9 Å². The first kappa shape index (κ1) is 29.9. The van der Waals surface area contributed by atoms with Crippen LogP contribution in [-0.2, 0) is 5.41 Å². The minimum Gasteiger partial charge on any atom is -0.256 e. The fourth-order valence-corrected chi connectivity index (χ4v) is 6.70. The second-order valence-corrected chi connectivity index (χ2v) is 11.9. The molecule has 4 aromatic carbocycles. The van der Waals surface area contributed by atoms with Crippen molar-refractivity contribution in [2.45, 2.75) is 5.41 Å². The Balaban J connectivity index is 1.35. The SMILES string of the molecule is c1ccc(-c2ccc(C(c3ccc(-c4ccccn4)cc3)(c3ccc(-c4ccccn4)cc3)c3ccc(-c4ccccn4)cc3)cc2)nc1. The van der Waals surface area contributed by atoms with E-state index < -0.39 is 5.41 Å². The average molecular weight is 629 g/mol. The molecular weight excluding hydrogens is 597 g/mol. The van der Waals surface area contributed by atoms with Gasteiger partial charge in [-0.1, -0.05) is 121 Å². The van der Waals surface area contributed by atoms with Crippen LogP contribution < -0.4 is 0 Å². The molecule has 0 radical (unpaired) electrons. The molecule has 8 rings (SSSR count). The monoisotopic (exact) mass is 628 g/mol.